The number of rotatable bonds is 1. The minimum absolute atomic E-state index is 0. The predicted octanol–water partition coefficient (Wildman–Crippen LogP) is 2.70. The van der Waals surface area contributed by atoms with Crippen molar-refractivity contribution in [3.05, 3.63) is 35.9 Å². The summed E-state index contributed by atoms with van der Waals surface area (Å²) in [6, 6.07) is 11.2. The van der Waals surface area contributed by atoms with Crippen LogP contribution in [0.2, 0.25) is 0 Å². The Balaban J connectivity index is 0.000000845. The van der Waals surface area contributed by atoms with E-state index in [1.165, 1.54) is 24.8 Å². The summed E-state index contributed by atoms with van der Waals surface area (Å²) in [5, 5.41) is 0. The SMILES string of the molecule is Cl.NC1CCC(c2ccccc2)C1. The molecule has 2 atom stereocenters. The molecule has 0 saturated heterocycles. The zero-order valence-electron chi connectivity index (χ0n) is 7.65. The fourth-order valence-electron chi connectivity index (χ4n) is 2.04. The smallest absolute Gasteiger partial charge is 0.00448 e. The largest absolute Gasteiger partial charge is 0.328 e. The van der Waals surface area contributed by atoms with Crippen LogP contribution in [0.5, 0.6) is 0 Å². The molecule has 0 amide bonds. The Bertz CT molecular complexity index is 248. The van der Waals surface area contributed by atoms with Crippen LogP contribution in [0.1, 0.15) is 30.7 Å². The molecular formula is C11H16ClN. The molecule has 2 N–H and O–H groups in total. The van der Waals surface area contributed by atoms with Crippen LogP contribution in [0.25, 0.3) is 0 Å². The molecule has 1 nitrogen and oxygen atoms in total. The van der Waals surface area contributed by atoms with Crippen molar-refractivity contribution >= 4 is 12.4 Å². The van der Waals surface area contributed by atoms with Crippen molar-refractivity contribution in [3.63, 3.8) is 0 Å². The van der Waals surface area contributed by atoms with Crippen LogP contribution in [0.4, 0.5) is 0 Å². The van der Waals surface area contributed by atoms with E-state index in [1.54, 1.807) is 0 Å². The second-order valence-corrected chi connectivity index (χ2v) is 3.68. The van der Waals surface area contributed by atoms with Gasteiger partial charge in [-0.25, -0.2) is 0 Å². The van der Waals surface area contributed by atoms with Gasteiger partial charge in [-0.3, -0.25) is 0 Å². The molecule has 0 spiro atoms. The molecule has 1 aliphatic rings. The van der Waals surface area contributed by atoms with E-state index in [1.807, 2.05) is 0 Å². The summed E-state index contributed by atoms with van der Waals surface area (Å²) in [6.45, 7) is 0. The second kappa shape index (κ2) is 4.64. The second-order valence-electron chi connectivity index (χ2n) is 3.68. The maximum absolute atomic E-state index is 5.86. The summed E-state index contributed by atoms with van der Waals surface area (Å²) in [5.74, 6) is 0.723. The summed E-state index contributed by atoms with van der Waals surface area (Å²) in [7, 11) is 0. The molecule has 2 heteroatoms. The fraction of sp³-hybridized carbons (Fsp3) is 0.455. The first-order valence-electron chi connectivity index (χ1n) is 4.67. The molecule has 1 aliphatic carbocycles. The Morgan fingerprint density at radius 2 is 1.77 bits per heavy atom. The van der Waals surface area contributed by atoms with Crippen molar-refractivity contribution in [1.29, 1.82) is 0 Å². The van der Waals surface area contributed by atoms with E-state index >= 15 is 0 Å². The van der Waals surface area contributed by atoms with Crippen LogP contribution < -0.4 is 5.73 Å². The molecule has 13 heavy (non-hydrogen) atoms. The van der Waals surface area contributed by atoms with E-state index in [-0.39, 0.29) is 12.4 Å². The summed E-state index contributed by atoms with van der Waals surface area (Å²) in [5.41, 5.74) is 7.33. The van der Waals surface area contributed by atoms with Crippen molar-refractivity contribution in [2.75, 3.05) is 0 Å². The minimum atomic E-state index is 0. The Kier molecular flexibility index (Phi) is 3.76. The van der Waals surface area contributed by atoms with Crippen LogP contribution in [0.15, 0.2) is 30.3 Å². The predicted molar refractivity (Wildman–Crippen MR) is 58.3 cm³/mol. The standard InChI is InChI=1S/C11H15N.ClH/c12-11-7-6-10(8-11)9-4-2-1-3-5-9;/h1-5,10-11H,6-8,12H2;1H. The van der Waals surface area contributed by atoms with Crippen molar-refractivity contribution in [1.82, 2.24) is 0 Å². The Labute approximate surface area is 85.7 Å². The van der Waals surface area contributed by atoms with Gasteiger partial charge in [-0.05, 0) is 30.7 Å². The van der Waals surface area contributed by atoms with E-state index in [0.717, 1.165) is 5.92 Å². The highest BCUT2D eigenvalue weighted by Gasteiger charge is 2.22. The van der Waals surface area contributed by atoms with Gasteiger partial charge < -0.3 is 5.73 Å². The van der Waals surface area contributed by atoms with Gasteiger partial charge in [0.05, 0.1) is 0 Å². The molecule has 1 fully saturated rings. The van der Waals surface area contributed by atoms with E-state index in [4.69, 9.17) is 5.73 Å². The van der Waals surface area contributed by atoms with Crippen LogP contribution in [-0.4, -0.2) is 6.04 Å². The first kappa shape index (κ1) is 10.6. The lowest BCUT2D eigenvalue weighted by atomic mass is 9.98. The van der Waals surface area contributed by atoms with Crippen molar-refractivity contribution < 1.29 is 0 Å². The number of halogens is 1. The topological polar surface area (TPSA) is 26.0 Å². The summed E-state index contributed by atoms with van der Waals surface area (Å²) in [6.07, 6.45) is 3.63. The lowest BCUT2D eigenvalue weighted by Gasteiger charge is -2.08. The third kappa shape index (κ3) is 2.45. The first-order chi connectivity index (χ1) is 5.86. The van der Waals surface area contributed by atoms with Crippen molar-refractivity contribution in [2.24, 2.45) is 5.73 Å². The van der Waals surface area contributed by atoms with Gasteiger partial charge in [0.1, 0.15) is 0 Å². The van der Waals surface area contributed by atoms with Gasteiger partial charge >= 0.3 is 0 Å². The molecule has 1 aromatic rings. The zero-order valence-corrected chi connectivity index (χ0v) is 8.46. The van der Waals surface area contributed by atoms with Gasteiger partial charge in [0.25, 0.3) is 0 Å². The van der Waals surface area contributed by atoms with Gasteiger partial charge in [0.2, 0.25) is 0 Å². The third-order valence-electron chi connectivity index (χ3n) is 2.74. The monoisotopic (exact) mass is 197 g/mol. The molecule has 0 heterocycles. The van der Waals surface area contributed by atoms with Crippen molar-refractivity contribution in [3.8, 4) is 0 Å². The molecule has 72 valence electrons. The van der Waals surface area contributed by atoms with Crippen LogP contribution >= 0.6 is 12.4 Å². The van der Waals surface area contributed by atoms with Crippen LogP contribution in [0.3, 0.4) is 0 Å². The highest BCUT2D eigenvalue weighted by molar-refractivity contribution is 5.85. The summed E-state index contributed by atoms with van der Waals surface area (Å²) in [4.78, 5) is 0. The molecule has 0 radical (unpaired) electrons. The first-order valence-corrected chi connectivity index (χ1v) is 4.67. The lowest BCUT2D eigenvalue weighted by Crippen LogP contribution is -2.14. The lowest BCUT2D eigenvalue weighted by molar-refractivity contribution is 0.675. The number of hydrogen-bond acceptors (Lipinski definition) is 1. The third-order valence-corrected chi connectivity index (χ3v) is 2.74. The molecule has 1 aromatic carbocycles. The fourth-order valence-corrected chi connectivity index (χ4v) is 2.04. The van der Waals surface area contributed by atoms with E-state index in [2.05, 4.69) is 30.3 Å². The molecular weight excluding hydrogens is 182 g/mol. The van der Waals surface area contributed by atoms with Gasteiger partial charge in [-0.1, -0.05) is 30.3 Å². The van der Waals surface area contributed by atoms with E-state index in [9.17, 15) is 0 Å². The molecule has 1 saturated carbocycles. The molecule has 0 aliphatic heterocycles. The average molecular weight is 198 g/mol. The Morgan fingerprint density at radius 1 is 1.08 bits per heavy atom. The van der Waals surface area contributed by atoms with Gasteiger partial charge in [-0.15, -0.1) is 12.4 Å². The van der Waals surface area contributed by atoms with Crippen molar-refractivity contribution in [2.45, 2.75) is 31.2 Å². The van der Waals surface area contributed by atoms with Crippen LogP contribution in [0, 0.1) is 0 Å². The Morgan fingerprint density at radius 3 is 2.31 bits per heavy atom. The highest BCUT2D eigenvalue weighted by atomic mass is 35.5. The minimum Gasteiger partial charge on any atom is -0.328 e. The number of nitrogens with two attached hydrogens (primary N) is 1. The van der Waals surface area contributed by atoms with E-state index < -0.39 is 0 Å². The summed E-state index contributed by atoms with van der Waals surface area (Å²) >= 11 is 0. The maximum atomic E-state index is 5.86. The Hall–Kier alpha value is -0.530. The van der Waals surface area contributed by atoms with E-state index in [0.29, 0.717) is 6.04 Å². The quantitative estimate of drug-likeness (QED) is 0.736. The van der Waals surface area contributed by atoms with Gasteiger partial charge in [-0.2, -0.15) is 0 Å². The summed E-state index contributed by atoms with van der Waals surface area (Å²) < 4.78 is 0. The molecule has 2 rings (SSSR count). The van der Waals surface area contributed by atoms with Gasteiger partial charge in [0.15, 0.2) is 0 Å². The molecule has 0 bridgehead atoms. The normalized spacial score (nSPS) is 26.8. The van der Waals surface area contributed by atoms with Crippen LogP contribution in [-0.2, 0) is 0 Å². The van der Waals surface area contributed by atoms with Gasteiger partial charge in [0, 0.05) is 6.04 Å². The maximum Gasteiger partial charge on any atom is 0.00448 e. The number of benzene rings is 1. The highest BCUT2D eigenvalue weighted by Crippen LogP contribution is 2.32. The average Bonchev–Trinajstić information content (AvgIpc) is 2.54. The molecule has 2 unspecified atom stereocenters. The number of hydrogen-bond donors (Lipinski definition) is 1. The molecule has 0 aromatic heterocycles. The zero-order chi connectivity index (χ0) is 8.39.